The molecule has 0 saturated carbocycles. The van der Waals surface area contributed by atoms with Crippen molar-refractivity contribution < 1.29 is 13.2 Å². The van der Waals surface area contributed by atoms with Crippen molar-refractivity contribution in [3.63, 3.8) is 0 Å². The van der Waals surface area contributed by atoms with Crippen molar-refractivity contribution >= 4 is 50.3 Å². The summed E-state index contributed by atoms with van der Waals surface area (Å²) < 4.78 is 25.1. The predicted molar refractivity (Wildman–Crippen MR) is 127 cm³/mol. The molecule has 1 atom stereocenters. The van der Waals surface area contributed by atoms with Crippen LogP contribution in [0.1, 0.15) is 36.7 Å². The van der Waals surface area contributed by atoms with Gasteiger partial charge in [0, 0.05) is 21.0 Å². The van der Waals surface area contributed by atoms with E-state index in [2.05, 4.69) is 17.2 Å². The highest BCUT2D eigenvalue weighted by Gasteiger charge is 2.21. The number of nitrogens with zero attached hydrogens (tertiary/aromatic N) is 1. The standard InChI is InChI=1S/C22H22Cl2N2O3S2/c1-3-15-4-6-16(7-5-15)22-26-18(11-30-22)12-31(28,29)13-21(27)25-14(2)19-9-8-17(23)10-20(19)24/h4-11,14H,3,12-13H2,1-2H3,(H,25,27). The number of carbonyl (C=O) groups is 1. The van der Waals surface area contributed by atoms with Crippen molar-refractivity contribution in [1.82, 2.24) is 10.3 Å². The van der Waals surface area contributed by atoms with Gasteiger partial charge in [0.25, 0.3) is 0 Å². The largest absolute Gasteiger partial charge is 0.349 e. The van der Waals surface area contributed by atoms with Crippen molar-refractivity contribution in [3.8, 4) is 10.6 Å². The molecular weight excluding hydrogens is 475 g/mol. The van der Waals surface area contributed by atoms with Crippen molar-refractivity contribution in [1.29, 1.82) is 0 Å². The predicted octanol–water partition coefficient (Wildman–Crippen LogP) is 5.47. The summed E-state index contributed by atoms with van der Waals surface area (Å²) >= 11 is 13.4. The monoisotopic (exact) mass is 496 g/mol. The highest BCUT2D eigenvalue weighted by molar-refractivity contribution is 7.91. The Morgan fingerprint density at radius 1 is 1.16 bits per heavy atom. The fraction of sp³-hybridized carbons (Fsp3) is 0.273. The summed E-state index contributed by atoms with van der Waals surface area (Å²) in [6.07, 6.45) is 0.951. The topological polar surface area (TPSA) is 76.1 Å². The molecule has 1 unspecified atom stereocenters. The molecule has 1 heterocycles. The van der Waals surface area contributed by atoms with Gasteiger partial charge in [-0.3, -0.25) is 4.79 Å². The molecule has 0 aliphatic rings. The lowest BCUT2D eigenvalue weighted by atomic mass is 10.1. The molecule has 0 aliphatic carbocycles. The molecule has 0 bridgehead atoms. The third-order valence-electron chi connectivity index (χ3n) is 4.69. The summed E-state index contributed by atoms with van der Waals surface area (Å²) in [5.74, 6) is -1.51. The van der Waals surface area contributed by atoms with Crippen molar-refractivity contribution in [2.75, 3.05) is 5.75 Å². The van der Waals surface area contributed by atoms with E-state index in [1.807, 2.05) is 24.3 Å². The number of aromatic nitrogens is 1. The summed E-state index contributed by atoms with van der Waals surface area (Å²) in [6.45, 7) is 3.82. The first-order valence-corrected chi connectivity index (χ1v) is 13.1. The van der Waals surface area contributed by atoms with E-state index < -0.39 is 27.5 Å². The summed E-state index contributed by atoms with van der Waals surface area (Å²) in [4.78, 5) is 16.8. The first-order valence-electron chi connectivity index (χ1n) is 9.65. The number of carbonyl (C=O) groups excluding carboxylic acids is 1. The molecule has 5 nitrogen and oxygen atoms in total. The number of nitrogens with one attached hydrogen (secondary N) is 1. The Hall–Kier alpha value is -1.93. The fourth-order valence-electron chi connectivity index (χ4n) is 3.08. The Labute approximate surface area is 196 Å². The Bertz CT molecular complexity index is 1180. The van der Waals surface area contributed by atoms with Crippen LogP contribution >= 0.6 is 34.5 Å². The van der Waals surface area contributed by atoms with Gasteiger partial charge >= 0.3 is 0 Å². The first-order chi connectivity index (χ1) is 14.7. The lowest BCUT2D eigenvalue weighted by molar-refractivity contribution is -0.119. The Balaban J connectivity index is 1.61. The summed E-state index contributed by atoms with van der Waals surface area (Å²) in [7, 11) is -3.68. The average molecular weight is 497 g/mol. The van der Waals surface area contributed by atoms with Crippen LogP contribution in [-0.2, 0) is 26.8 Å². The van der Waals surface area contributed by atoms with Gasteiger partial charge in [-0.05, 0) is 36.6 Å². The van der Waals surface area contributed by atoms with Crippen LogP contribution < -0.4 is 5.32 Å². The second-order valence-corrected chi connectivity index (χ2v) is 10.9. The van der Waals surface area contributed by atoms with E-state index in [9.17, 15) is 13.2 Å². The quantitative estimate of drug-likeness (QED) is 0.448. The zero-order valence-electron chi connectivity index (χ0n) is 17.1. The number of amides is 1. The van der Waals surface area contributed by atoms with Gasteiger partial charge in [0.1, 0.15) is 10.8 Å². The van der Waals surface area contributed by atoms with E-state index in [4.69, 9.17) is 23.2 Å². The van der Waals surface area contributed by atoms with Gasteiger partial charge in [-0.25, -0.2) is 13.4 Å². The minimum Gasteiger partial charge on any atom is -0.349 e. The minimum absolute atomic E-state index is 0.292. The maximum Gasteiger partial charge on any atom is 0.235 e. The van der Waals surface area contributed by atoms with Crippen LogP contribution in [0.3, 0.4) is 0 Å². The third kappa shape index (κ3) is 6.53. The molecule has 1 amide bonds. The number of aryl methyl sites for hydroxylation is 1. The Kier molecular flexibility index (Phi) is 7.75. The second-order valence-electron chi connectivity index (χ2n) is 7.18. The number of benzene rings is 2. The molecule has 0 spiro atoms. The summed E-state index contributed by atoms with van der Waals surface area (Å²) in [5.41, 5.74) is 3.26. The zero-order valence-corrected chi connectivity index (χ0v) is 20.2. The molecular formula is C22H22Cl2N2O3S2. The summed E-state index contributed by atoms with van der Waals surface area (Å²) in [5, 5.41) is 6.04. The van der Waals surface area contributed by atoms with Crippen molar-refractivity contribution in [2.24, 2.45) is 0 Å². The highest BCUT2D eigenvalue weighted by Crippen LogP contribution is 2.27. The third-order valence-corrected chi connectivity index (χ3v) is 7.63. The van der Waals surface area contributed by atoms with E-state index >= 15 is 0 Å². The molecule has 3 aromatic rings. The van der Waals surface area contributed by atoms with Crippen LogP contribution in [-0.4, -0.2) is 25.1 Å². The minimum atomic E-state index is -3.68. The SMILES string of the molecule is CCc1ccc(-c2nc(CS(=O)(=O)CC(=O)NC(C)c3ccc(Cl)cc3Cl)cs2)cc1. The molecule has 1 aromatic heterocycles. The van der Waals surface area contributed by atoms with Gasteiger partial charge in [0.2, 0.25) is 5.91 Å². The number of hydrogen-bond acceptors (Lipinski definition) is 5. The van der Waals surface area contributed by atoms with E-state index in [1.165, 1.54) is 16.9 Å². The lowest BCUT2D eigenvalue weighted by Crippen LogP contribution is -2.33. The fourth-order valence-corrected chi connectivity index (χ4v) is 5.77. The first kappa shape index (κ1) is 23.7. The molecule has 0 radical (unpaired) electrons. The normalized spacial score (nSPS) is 12.5. The molecule has 2 aromatic carbocycles. The van der Waals surface area contributed by atoms with E-state index in [1.54, 1.807) is 30.5 Å². The van der Waals surface area contributed by atoms with Crippen LogP contribution in [0.15, 0.2) is 47.8 Å². The number of thiazole rings is 1. The molecule has 31 heavy (non-hydrogen) atoms. The van der Waals surface area contributed by atoms with Crippen LogP contribution in [0.2, 0.25) is 10.0 Å². The maximum absolute atomic E-state index is 12.5. The van der Waals surface area contributed by atoms with Gasteiger partial charge in [0.15, 0.2) is 9.84 Å². The summed E-state index contributed by atoms with van der Waals surface area (Å²) in [6, 6.07) is 12.5. The average Bonchev–Trinajstić information content (AvgIpc) is 3.14. The molecule has 164 valence electrons. The van der Waals surface area contributed by atoms with Gasteiger partial charge in [0.05, 0.1) is 17.5 Å². The van der Waals surface area contributed by atoms with Crippen molar-refractivity contribution in [3.05, 3.63) is 74.7 Å². The number of halogens is 2. The Morgan fingerprint density at radius 3 is 2.52 bits per heavy atom. The lowest BCUT2D eigenvalue weighted by Gasteiger charge is -2.16. The van der Waals surface area contributed by atoms with E-state index in [0.29, 0.717) is 21.3 Å². The van der Waals surface area contributed by atoms with Gasteiger partial charge in [-0.15, -0.1) is 11.3 Å². The zero-order chi connectivity index (χ0) is 22.6. The maximum atomic E-state index is 12.5. The van der Waals surface area contributed by atoms with Gasteiger partial charge in [-0.2, -0.15) is 0 Å². The molecule has 1 N–H and O–H groups in total. The van der Waals surface area contributed by atoms with Gasteiger partial charge < -0.3 is 5.32 Å². The highest BCUT2D eigenvalue weighted by atomic mass is 35.5. The van der Waals surface area contributed by atoms with E-state index in [0.717, 1.165) is 17.0 Å². The molecule has 3 rings (SSSR count). The molecule has 9 heteroatoms. The smallest absolute Gasteiger partial charge is 0.235 e. The number of hydrogen-bond donors (Lipinski definition) is 1. The Morgan fingerprint density at radius 2 is 1.87 bits per heavy atom. The van der Waals surface area contributed by atoms with Crippen LogP contribution in [0.5, 0.6) is 0 Å². The van der Waals surface area contributed by atoms with E-state index in [-0.39, 0.29) is 5.75 Å². The van der Waals surface area contributed by atoms with Crippen LogP contribution in [0, 0.1) is 0 Å². The molecule has 0 saturated heterocycles. The van der Waals surface area contributed by atoms with Crippen molar-refractivity contribution in [2.45, 2.75) is 32.1 Å². The molecule has 0 fully saturated rings. The van der Waals surface area contributed by atoms with Gasteiger partial charge in [-0.1, -0.05) is 60.5 Å². The second kappa shape index (κ2) is 10.1. The van der Waals surface area contributed by atoms with Crippen LogP contribution in [0.4, 0.5) is 0 Å². The number of sulfone groups is 1. The number of rotatable bonds is 8. The van der Waals surface area contributed by atoms with Crippen LogP contribution in [0.25, 0.3) is 10.6 Å². The molecule has 0 aliphatic heterocycles.